The van der Waals surface area contributed by atoms with E-state index in [0.29, 0.717) is 45.2 Å². The number of H-pyrrole nitrogens is 1. The van der Waals surface area contributed by atoms with Gasteiger partial charge in [0.05, 0.1) is 48.3 Å². The van der Waals surface area contributed by atoms with E-state index in [4.69, 9.17) is 19.8 Å². The number of aliphatic hydroxyl groups excluding tert-OH is 1. The van der Waals surface area contributed by atoms with Gasteiger partial charge in [-0.05, 0) is 12.1 Å². The van der Waals surface area contributed by atoms with Gasteiger partial charge in [0.1, 0.15) is 0 Å². The van der Waals surface area contributed by atoms with Gasteiger partial charge in [0, 0.05) is 55.1 Å². The van der Waals surface area contributed by atoms with Crippen molar-refractivity contribution in [3.63, 3.8) is 0 Å². The molecule has 0 aliphatic carbocycles. The van der Waals surface area contributed by atoms with Crippen LogP contribution in [0.4, 0.5) is 5.82 Å². The van der Waals surface area contributed by atoms with Gasteiger partial charge >= 0.3 is 0 Å². The molecule has 2 N–H and O–H groups in total. The number of fused-ring (bicyclic) bond motifs is 2. The summed E-state index contributed by atoms with van der Waals surface area (Å²) in [5, 5.41) is 17.4. The first kappa shape index (κ1) is 22.4. The van der Waals surface area contributed by atoms with Crippen LogP contribution in [0.25, 0.3) is 32.5 Å². The van der Waals surface area contributed by atoms with E-state index in [1.165, 1.54) is 0 Å². The summed E-state index contributed by atoms with van der Waals surface area (Å²) in [5.41, 5.74) is 2.82. The van der Waals surface area contributed by atoms with Gasteiger partial charge in [0.25, 0.3) is 0 Å². The van der Waals surface area contributed by atoms with Crippen LogP contribution in [0.1, 0.15) is 4.88 Å². The molecule has 2 aliphatic heterocycles. The lowest BCUT2D eigenvalue weighted by atomic mass is 10.1. The molecule has 0 unspecified atom stereocenters. The molecule has 0 atom stereocenters. The van der Waals surface area contributed by atoms with E-state index in [0.717, 1.165) is 57.0 Å². The van der Waals surface area contributed by atoms with Gasteiger partial charge in [-0.25, -0.2) is 9.97 Å². The fraction of sp³-hybridized carbons (Fsp3) is 0.417. The number of aromatic nitrogens is 4. The molecule has 3 aromatic heterocycles. The first-order chi connectivity index (χ1) is 17.2. The van der Waals surface area contributed by atoms with Crippen molar-refractivity contribution in [1.29, 1.82) is 0 Å². The van der Waals surface area contributed by atoms with Crippen LogP contribution < -0.4 is 4.90 Å². The molecule has 1 amide bonds. The Morgan fingerprint density at radius 2 is 2.03 bits per heavy atom. The normalized spacial score (nSPS) is 17.7. The molecule has 2 fully saturated rings. The van der Waals surface area contributed by atoms with Gasteiger partial charge < -0.3 is 19.6 Å². The van der Waals surface area contributed by atoms with Crippen LogP contribution in [0.2, 0.25) is 0 Å². The second-order valence-corrected chi connectivity index (χ2v) is 9.99. The molecule has 10 nitrogen and oxygen atoms in total. The first-order valence-electron chi connectivity index (χ1n) is 11.9. The Hall–Kier alpha value is -3.12. The minimum atomic E-state index is -0.0000875. The molecule has 2 aliphatic rings. The molecule has 5 heterocycles. The number of benzene rings is 1. The van der Waals surface area contributed by atoms with Crippen LogP contribution in [-0.4, -0.2) is 100 Å². The molecular formula is C24H27N7O3S. The van der Waals surface area contributed by atoms with E-state index < -0.39 is 0 Å². The molecule has 11 heteroatoms. The number of nitrogens with zero attached hydrogens (tertiary/aromatic N) is 6. The number of piperazine rings is 1. The molecular weight excluding hydrogens is 466 g/mol. The van der Waals surface area contributed by atoms with Crippen LogP contribution >= 0.6 is 11.3 Å². The number of amides is 1. The number of nitrogens with one attached hydrogen (secondary N) is 1. The Balaban J connectivity index is 1.36. The van der Waals surface area contributed by atoms with Gasteiger partial charge in [-0.15, -0.1) is 11.3 Å². The Morgan fingerprint density at radius 1 is 1.14 bits per heavy atom. The quantitative estimate of drug-likeness (QED) is 0.418. The zero-order valence-electron chi connectivity index (χ0n) is 19.3. The van der Waals surface area contributed by atoms with Crippen molar-refractivity contribution in [1.82, 2.24) is 30.0 Å². The van der Waals surface area contributed by atoms with Crippen molar-refractivity contribution in [2.75, 3.05) is 64.0 Å². The summed E-state index contributed by atoms with van der Waals surface area (Å²) < 4.78 is 6.65. The van der Waals surface area contributed by atoms with E-state index in [2.05, 4.69) is 26.1 Å². The van der Waals surface area contributed by atoms with Gasteiger partial charge in [-0.2, -0.15) is 5.10 Å². The van der Waals surface area contributed by atoms with Crippen LogP contribution in [0.15, 0.2) is 30.5 Å². The maximum absolute atomic E-state index is 12.4. The highest BCUT2D eigenvalue weighted by atomic mass is 32.1. The molecule has 35 heavy (non-hydrogen) atoms. The number of rotatable bonds is 6. The number of morpholine rings is 1. The Morgan fingerprint density at radius 3 is 2.86 bits per heavy atom. The van der Waals surface area contributed by atoms with Crippen LogP contribution in [0.5, 0.6) is 0 Å². The highest BCUT2D eigenvalue weighted by molar-refractivity contribution is 7.19. The third-order valence-electron chi connectivity index (χ3n) is 6.59. The third-order valence-corrected chi connectivity index (χ3v) is 7.69. The lowest BCUT2D eigenvalue weighted by molar-refractivity contribution is -0.136. The largest absolute Gasteiger partial charge is 0.395 e. The van der Waals surface area contributed by atoms with Crippen molar-refractivity contribution < 1.29 is 14.6 Å². The zero-order chi connectivity index (χ0) is 23.8. The second-order valence-electron chi connectivity index (χ2n) is 8.85. The minimum Gasteiger partial charge on any atom is -0.395 e. The van der Waals surface area contributed by atoms with Crippen molar-refractivity contribution in [3.05, 3.63) is 35.3 Å². The molecule has 0 spiro atoms. The number of aliphatic hydroxyl groups is 1. The number of carbonyl (C=O) groups excluding carboxylic acids is 1. The van der Waals surface area contributed by atoms with E-state index in [1.807, 2.05) is 24.4 Å². The maximum Gasteiger partial charge on any atom is 0.236 e. The number of aromatic amines is 1. The van der Waals surface area contributed by atoms with Crippen LogP contribution in [0, 0.1) is 0 Å². The third kappa shape index (κ3) is 4.36. The van der Waals surface area contributed by atoms with Gasteiger partial charge in [0.15, 0.2) is 11.6 Å². The number of ether oxygens (including phenoxy) is 1. The highest BCUT2D eigenvalue weighted by Crippen LogP contribution is 2.36. The van der Waals surface area contributed by atoms with Gasteiger partial charge in [-0.1, -0.05) is 12.1 Å². The fourth-order valence-corrected chi connectivity index (χ4v) is 5.94. The summed E-state index contributed by atoms with van der Waals surface area (Å²) in [4.78, 5) is 29.8. The smallest absolute Gasteiger partial charge is 0.236 e. The average Bonchev–Trinajstić information content (AvgIpc) is 3.52. The summed E-state index contributed by atoms with van der Waals surface area (Å²) in [7, 11) is 0. The number of hydrogen-bond donors (Lipinski definition) is 2. The van der Waals surface area contributed by atoms with E-state index >= 15 is 0 Å². The summed E-state index contributed by atoms with van der Waals surface area (Å²) in [6.45, 7) is 5.82. The predicted molar refractivity (Wildman–Crippen MR) is 134 cm³/mol. The van der Waals surface area contributed by atoms with Crippen LogP contribution in [-0.2, 0) is 16.1 Å². The molecule has 0 bridgehead atoms. The van der Waals surface area contributed by atoms with E-state index in [-0.39, 0.29) is 12.5 Å². The van der Waals surface area contributed by atoms with Crippen molar-refractivity contribution in [2.24, 2.45) is 0 Å². The summed E-state index contributed by atoms with van der Waals surface area (Å²) in [6.07, 6.45) is 1.82. The highest BCUT2D eigenvalue weighted by Gasteiger charge is 2.25. The predicted octanol–water partition coefficient (Wildman–Crippen LogP) is 1.71. The molecule has 0 radical (unpaired) electrons. The second kappa shape index (κ2) is 9.50. The number of hydrogen-bond acceptors (Lipinski definition) is 9. The monoisotopic (exact) mass is 493 g/mol. The summed E-state index contributed by atoms with van der Waals surface area (Å²) in [6, 6.07) is 8.16. The van der Waals surface area contributed by atoms with Crippen molar-refractivity contribution in [2.45, 2.75) is 6.54 Å². The molecule has 0 saturated carbocycles. The number of thiophene rings is 1. The van der Waals surface area contributed by atoms with E-state index in [9.17, 15) is 4.79 Å². The SMILES string of the molecule is O=C1CN(Cc2cc3nc(-c4cccc5[nH]ncc45)nc(N4CCOCC4)c3s2)CCN1CCO. The van der Waals surface area contributed by atoms with Gasteiger partial charge in [-0.3, -0.25) is 14.8 Å². The lowest BCUT2D eigenvalue weighted by Crippen LogP contribution is -2.50. The summed E-state index contributed by atoms with van der Waals surface area (Å²) >= 11 is 1.70. The molecule has 6 rings (SSSR count). The number of carbonyl (C=O) groups is 1. The van der Waals surface area contributed by atoms with Crippen LogP contribution in [0.3, 0.4) is 0 Å². The molecule has 182 valence electrons. The zero-order valence-corrected chi connectivity index (χ0v) is 20.1. The lowest BCUT2D eigenvalue weighted by Gasteiger charge is -2.33. The number of β-amino-alcohol motifs (C(OH)–C–C–N with tert-alkyl or cyclic N) is 1. The molecule has 4 aromatic rings. The number of anilines is 1. The Bertz CT molecular complexity index is 1360. The topological polar surface area (TPSA) is 111 Å². The fourth-order valence-electron chi connectivity index (χ4n) is 4.79. The molecule has 1 aromatic carbocycles. The Kier molecular flexibility index (Phi) is 6.06. The maximum atomic E-state index is 12.4. The van der Waals surface area contributed by atoms with Crippen molar-refractivity contribution in [3.8, 4) is 11.4 Å². The standard InChI is InChI=1S/C24H27N7O3S/c32-9-6-30-5-4-29(15-21(30)33)14-16-12-20-22(35-16)24(31-7-10-34-11-8-31)27-23(26-20)17-2-1-3-19-18(17)13-25-28-19/h1-3,12-13,32H,4-11,14-15H2,(H,25,28). The average molecular weight is 494 g/mol. The van der Waals surface area contributed by atoms with E-state index in [1.54, 1.807) is 16.2 Å². The van der Waals surface area contributed by atoms with Gasteiger partial charge in [0.2, 0.25) is 5.91 Å². The molecule has 2 saturated heterocycles. The Labute approximate surface area is 206 Å². The summed E-state index contributed by atoms with van der Waals surface area (Å²) in [5.74, 6) is 1.69. The van der Waals surface area contributed by atoms with Crippen molar-refractivity contribution >= 4 is 44.2 Å². The first-order valence-corrected chi connectivity index (χ1v) is 12.7. The minimum absolute atomic E-state index is 0.0000875.